The van der Waals surface area contributed by atoms with Gasteiger partial charge in [-0.15, -0.1) is 22.7 Å². The molecule has 3 rings (SSSR count). The fourth-order valence-corrected chi connectivity index (χ4v) is 2.92. The predicted octanol–water partition coefficient (Wildman–Crippen LogP) is 3.16. The zero-order chi connectivity index (χ0) is 13.2. The molecule has 3 aromatic heterocycles. The van der Waals surface area contributed by atoms with Gasteiger partial charge in [-0.3, -0.25) is 15.2 Å². The molecule has 1 amide bonds. The first-order valence-corrected chi connectivity index (χ1v) is 7.25. The highest BCUT2D eigenvalue weighted by Crippen LogP contribution is 2.23. The second-order valence-corrected chi connectivity index (χ2v) is 6.06. The summed E-state index contributed by atoms with van der Waals surface area (Å²) in [5.74, 6) is -0.256. The molecule has 7 heteroatoms. The molecule has 96 valence electrons. The Bertz CT molecular complexity index is 699. The first kappa shape index (κ1) is 12.1. The van der Waals surface area contributed by atoms with Crippen molar-refractivity contribution < 1.29 is 4.79 Å². The van der Waals surface area contributed by atoms with Crippen molar-refractivity contribution >= 4 is 33.7 Å². The number of nitrogens with zero attached hydrogens (tertiary/aromatic N) is 2. The molecule has 0 fully saturated rings. The van der Waals surface area contributed by atoms with E-state index in [4.69, 9.17) is 0 Å². The number of nitrogens with one attached hydrogen (secondary N) is 2. The van der Waals surface area contributed by atoms with Gasteiger partial charge in [-0.25, -0.2) is 4.98 Å². The van der Waals surface area contributed by atoms with E-state index >= 15 is 0 Å². The van der Waals surface area contributed by atoms with Gasteiger partial charge in [0.05, 0.1) is 10.6 Å². The van der Waals surface area contributed by atoms with Crippen LogP contribution < -0.4 is 5.32 Å². The van der Waals surface area contributed by atoms with Crippen LogP contribution in [0.4, 0.5) is 5.13 Å². The Hall–Kier alpha value is -1.99. The molecule has 0 atom stereocenters. The van der Waals surface area contributed by atoms with Crippen molar-refractivity contribution in [2.45, 2.75) is 6.92 Å². The zero-order valence-corrected chi connectivity index (χ0v) is 11.6. The SMILES string of the molecule is Cc1cnc(NC(=O)c2cc(-c3cccs3)[nH]n2)s1. The minimum atomic E-state index is -0.256. The Morgan fingerprint density at radius 2 is 2.37 bits per heavy atom. The van der Waals surface area contributed by atoms with Gasteiger partial charge >= 0.3 is 0 Å². The van der Waals surface area contributed by atoms with E-state index < -0.39 is 0 Å². The van der Waals surface area contributed by atoms with Gasteiger partial charge < -0.3 is 0 Å². The number of thiophene rings is 1. The van der Waals surface area contributed by atoms with Crippen LogP contribution in [0.15, 0.2) is 29.8 Å². The third-order valence-corrected chi connectivity index (χ3v) is 4.17. The highest BCUT2D eigenvalue weighted by molar-refractivity contribution is 7.15. The lowest BCUT2D eigenvalue weighted by Gasteiger charge is -1.96. The zero-order valence-electron chi connectivity index (χ0n) is 10.0. The van der Waals surface area contributed by atoms with E-state index in [-0.39, 0.29) is 5.91 Å². The molecule has 0 aliphatic carbocycles. The highest BCUT2D eigenvalue weighted by atomic mass is 32.1. The molecule has 0 saturated carbocycles. The number of aryl methyl sites for hydroxylation is 1. The average molecular weight is 290 g/mol. The molecule has 3 aromatic rings. The summed E-state index contributed by atoms with van der Waals surface area (Å²) in [6, 6.07) is 5.67. The molecule has 2 N–H and O–H groups in total. The lowest BCUT2D eigenvalue weighted by molar-refractivity contribution is 0.102. The van der Waals surface area contributed by atoms with Crippen LogP contribution >= 0.6 is 22.7 Å². The Labute approximate surface area is 117 Å². The van der Waals surface area contributed by atoms with E-state index in [1.807, 2.05) is 24.4 Å². The number of carbonyl (C=O) groups is 1. The number of aromatic amines is 1. The van der Waals surface area contributed by atoms with Crippen molar-refractivity contribution in [2.75, 3.05) is 5.32 Å². The molecule has 0 saturated heterocycles. The number of carbonyl (C=O) groups excluding carboxylic acids is 1. The van der Waals surface area contributed by atoms with E-state index in [9.17, 15) is 4.79 Å². The molecule has 0 radical (unpaired) electrons. The van der Waals surface area contributed by atoms with Crippen LogP contribution in [0.3, 0.4) is 0 Å². The minimum absolute atomic E-state index is 0.256. The van der Waals surface area contributed by atoms with E-state index in [2.05, 4.69) is 20.5 Å². The smallest absolute Gasteiger partial charge is 0.277 e. The maximum absolute atomic E-state index is 12.0. The third kappa shape index (κ3) is 2.56. The Kier molecular flexibility index (Phi) is 3.14. The summed E-state index contributed by atoms with van der Waals surface area (Å²) in [6.45, 7) is 1.94. The van der Waals surface area contributed by atoms with Gasteiger partial charge in [-0.05, 0) is 24.4 Å². The van der Waals surface area contributed by atoms with Gasteiger partial charge in [0, 0.05) is 11.1 Å². The molecule has 0 unspecified atom stereocenters. The maximum atomic E-state index is 12.0. The molecule has 0 spiro atoms. The van der Waals surface area contributed by atoms with Crippen LogP contribution in [-0.2, 0) is 0 Å². The van der Waals surface area contributed by atoms with E-state index in [0.717, 1.165) is 15.4 Å². The van der Waals surface area contributed by atoms with Crippen LogP contribution in [0.2, 0.25) is 0 Å². The number of aromatic nitrogens is 3. The van der Waals surface area contributed by atoms with Gasteiger partial charge in [-0.2, -0.15) is 5.10 Å². The van der Waals surface area contributed by atoms with Gasteiger partial charge in [-0.1, -0.05) is 6.07 Å². The fraction of sp³-hybridized carbons (Fsp3) is 0.0833. The van der Waals surface area contributed by atoms with E-state index in [1.165, 1.54) is 11.3 Å². The predicted molar refractivity (Wildman–Crippen MR) is 76.7 cm³/mol. The standard InChI is InChI=1S/C12H10N4OS2/c1-7-6-13-12(19-7)14-11(17)9-5-8(15-16-9)10-3-2-4-18-10/h2-6H,1H3,(H,15,16)(H,13,14,17). The lowest BCUT2D eigenvalue weighted by Crippen LogP contribution is -2.11. The van der Waals surface area contributed by atoms with Gasteiger partial charge in [0.25, 0.3) is 5.91 Å². The van der Waals surface area contributed by atoms with Crippen molar-refractivity contribution in [3.63, 3.8) is 0 Å². The van der Waals surface area contributed by atoms with Crippen molar-refractivity contribution in [3.8, 4) is 10.6 Å². The Balaban J connectivity index is 1.77. The summed E-state index contributed by atoms with van der Waals surface area (Å²) in [5.41, 5.74) is 1.20. The lowest BCUT2D eigenvalue weighted by atomic mass is 10.3. The molecule has 0 aromatic carbocycles. The summed E-state index contributed by atoms with van der Waals surface area (Å²) in [6.07, 6.45) is 1.72. The maximum Gasteiger partial charge on any atom is 0.277 e. The first-order chi connectivity index (χ1) is 9.22. The molecule has 0 bridgehead atoms. The van der Waals surface area contributed by atoms with Gasteiger partial charge in [0.15, 0.2) is 10.8 Å². The van der Waals surface area contributed by atoms with Gasteiger partial charge in [0.2, 0.25) is 0 Å². The Morgan fingerprint density at radius 3 is 3.05 bits per heavy atom. The second-order valence-electron chi connectivity index (χ2n) is 3.87. The molecule has 3 heterocycles. The van der Waals surface area contributed by atoms with E-state index in [0.29, 0.717) is 10.8 Å². The number of hydrogen-bond acceptors (Lipinski definition) is 5. The number of anilines is 1. The minimum Gasteiger partial charge on any atom is -0.296 e. The molecule has 0 aliphatic rings. The summed E-state index contributed by atoms with van der Waals surface area (Å²) in [7, 11) is 0. The number of rotatable bonds is 3. The third-order valence-electron chi connectivity index (χ3n) is 2.44. The number of hydrogen-bond donors (Lipinski definition) is 2. The van der Waals surface area contributed by atoms with Crippen LogP contribution in [0.5, 0.6) is 0 Å². The van der Waals surface area contributed by atoms with Crippen LogP contribution in [-0.4, -0.2) is 21.1 Å². The molecule has 0 aliphatic heterocycles. The topological polar surface area (TPSA) is 70.7 Å². The summed E-state index contributed by atoms with van der Waals surface area (Å²) < 4.78 is 0. The van der Waals surface area contributed by atoms with Crippen molar-refractivity contribution in [3.05, 3.63) is 40.3 Å². The number of thiazole rings is 1. The molecule has 19 heavy (non-hydrogen) atoms. The first-order valence-electron chi connectivity index (χ1n) is 5.55. The second kappa shape index (κ2) is 4.94. The van der Waals surface area contributed by atoms with Crippen LogP contribution in [0, 0.1) is 6.92 Å². The normalized spacial score (nSPS) is 10.6. The summed E-state index contributed by atoms with van der Waals surface area (Å²) in [5, 5.41) is 12.2. The molecular formula is C12H10N4OS2. The summed E-state index contributed by atoms with van der Waals surface area (Å²) in [4.78, 5) is 18.2. The number of H-pyrrole nitrogens is 1. The van der Waals surface area contributed by atoms with Crippen molar-refractivity contribution in [2.24, 2.45) is 0 Å². The molecular weight excluding hydrogens is 280 g/mol. The van der Waals surface area contributed by atoms with Crippen LogP contribution in [0.25, 0.3) is 10.6 Å². The highest BCUT2D eigenvalue weighted by Gasteiger charge is 2.13. The average Bonchev–Trinajstić information content (AvgIpc) is 3.08. The largest absolute Gasteiger partial charge is 0.296 e. The van der Waals surface area contributed by atoms with Crippen LogP contribution in [0.1, 0.15) is 15.4 Å². The Morgan fingerprint density at radius 1 is 1.47 bits per heavy atom. The van der Waals surface area contributed by atoms with E-state index in [1.54, 1.807) is 23.6 Å². The summed E-state index contributed by atoms with van der Waals surface area (Å²) >= 11 is 3.03. The van der Waals surface area contributed by atoms with Crippen molar-refractivity contribution in [1.29, 1.82) is 0 Å². The quantitative estimate of drug-likeness (QED) is 0.778. The number of amides is 1. The van der Waals surface area contributed by atoms with Crippen molar-refractivity contribution in [1.82, 2.24) is 15.2 Å². The monoisotopic (exact) mass is 290 g/mol. The van der Waals surface area contributed by atoms with Gasteiger partial charge in [0.1, 0.15) is 0 Å². The fourth-order valence-electron chi connectivity index (χ4n) is 1.57. The molecule has 5 nitrogen and oxygen atoms in total.